The minimum atomic E-state index is 0.0101. The van der Waals surface area contributed by atoms with Crippen LogP contribution in [0.1, 0.15) is 16.6 Å². The average Bonchev–Trinajstić information content (AvgIpc) is 3.21. The van der Waals surface area contributed by atoms with Gasteiger partial charge in [-0.2, -0.15) is 0 Å². The molecule has 0 aliphatic heterocycles. The second-order valence-corrected chi connectivity index (χ2v) is 6.78. The fourth-order valence-corrected chi connectivity index (χ4v) is 3.28. The predicted molar refractivity (Wildman–Crippen MR) is 95.2 cm³/mol. The largest absolute Gasteiger partial charge is 0.356 e. The average molecular weight is 344 g/mol. The number of nitrogens with zero attached hydrogens (tertiary/aromatic N) is 4. The van der Waals surface area contributed by atoms with Crippen LogP contribution in [0.5, 0.6) is 0 Å². The first-order chi connectivity index (χ1) is 11.6. The summed E-state index contributed by atoms with van der Waals surface area (Å²) in [6.07, 6.45) is 1.63. The molecule has 0 N–H and O–H groups in total. The molecule has 0 atom stereocenters. The van der Waals surface area contributed by atoms with E-state index in [9.17, 15) is 4.79 Å². The smallest absolute Gasteiger partial charge is 0.265 e. The summed E-state index contributed by atoms with van der Waals surface area (Å²) in [4.78, 5) is 21.6. The summed E-state index contributed by atoms with van der Waals surface area (Å²) >= 11 is 1.35. The number of aromatic nitrogens is 2. The number of amides is 1. The molecule has 0 saturated carbocycles. The topological polar surface area (TPSA) is 62.5 Å². The third-order valence-corrected chi connectivity index (χ3v) is 4.77. The SMILES string of the molecule is CCN(CCN(C)C)C(=O)c1cnc(-c2noc3ccccc23)s1. The molecule has 7 heteroatoms. The minimum absolute atomic E-state index is 0.0101. The van der Waals surface area contributed by atoms with E-state index in [1.807, 2.05) is 50.2 Å². The second kappa shape index (κ2) is 7.11. The van der Waals surface area contributed by atoms with Crippen LogP contribution in [0, 0.1) is 0 Å². The summed E-state index contributed by atoms with van der Waals surface area (Å²) in [6.45, 7) is 4.19. The number of hydrogen-bond acceptors (Lipinski definition) is 6. The molecule has 0 unspecified atom stereocenters. The Labute approximate surface area is 144 Å². The van der Waals surface area contributed by atoms with Crippen LogP contribution in [-0.4, -0.2) is 59.6 Å². The maximum absolute atomic E-state index is 12.7. The van der Waals surface area contributed by atoms with Crippen LogP contribution >= 0.6 is 11.3 Å². The van der Waals surface area contributed by atoms with Gasteiger partial charge in [-0.3, -0.25) is 4.79 Å². The highest BCUT2D eigenvalue weighted by Crippen LogP contribution is 2.31. The first-order valence-corrected chi connectivity index (χ1v) is 8.66. The second-order valence-electron chi connectivity index (χ2n) is 5.75. The van der Waals surface area contributed by atoms with Crippen LogP contribution < -0.4 is 0 Å². The van der Waals surface area contributed by atoms with Crippen molar-refractivity contribution in [3.8, 4) is 10.7 Å². The Bertz CT molecular complexity index is 840. The van der Waals surface area contributed by atoms with Crippen LogP contribution in [0.3, 0.4) is 0 Å². The molecule has 0 fully saturated rings. The highest BCUT2D eigenvalue weighted by Gasteiger charge is 2.20. The van der Waals surface area contributed by atoms with Gasteiger partial charge in [0, 0.05) is 19.6 Å². The molecule has 3 rings (SSSR count). The molecule has 0 saturated heterocycles. The zero-order chi connectivity index (χ0) is 17.1. The minimum Gasteiger partial charge on any atom is -0.356 e. The highest BCUT2D eigenvalue weighted by atomic mass is 32.1. The van der Waals surface area contributed by atoms with E-state index in [-0.39, 0.29) is 5.91 Å². The fourth-order valence-electron chi connectivity index (χ4n) is 2.40. The molecule has 0 aliphatic carbocycles. The molecule has 0 bridgehead atoms. The molecule has 0 spiro atoms. The van der Waals surface area contributed by atoms with E-state index in [0.29, 0.717) is 28.7 Å². The molecule has 1 amide bonds. The number of carbonyl (C=O) groups is 1. The third-order valence-electron chi connectivity index (χ3n) is 3.78. The van der Waals surface area contributed by atoms with Gasteiger partial charge in [0.15, 0.2) is 5.58 Å². The van der Waals surface area contributed by atoms with Crippen molar-refractivity contribution in [2.45, 2.75) is 6.92 Å². The number of rotatable bonds is 6. The van der Waals surface area contributed by atoms with Crippen LogP contribution in [0.25, 0.3) is 21.7 Å². The molecule has 2 heterocycles. The number of benzene rings is 1. The van der Waals surface area contributed by atoms with Gasteiger partial charge in [-0.15, -0.1) is 11.3 Å². The summed E-state index contributed by atoms with van der Waals surface area (Å²) in [5, 5.41) is 5.71. The quantitative estimate of drug-likeness (QED) is 0.688. The van der Waals surface area contributed by atoms with Crippen molar-refractivity contribution in [3.63, 3.8) is 0 Å². The molecule has 0 aliphatic rings. The van der Waals surface area contributed by atoms with Crippen LogP contribution in [-0.2, 0) is 0 Å². The van der Waals surface area contributed by atoms with Gasteiger partial charge in [0.2, 0.25) is 0 Å². The number of likely N-dealkylation sites (N-methyl/N-ethyl adjacent to an activating group) is 2. The van der Waals surface area contributed by atoms with Crippen molar-refractivity contribution >= 4 is 28.2 Å². The lowest BCUT2D eigenvalue weighted by Crippen LogP contribution is -2.36. The molecular formula is C17H20N4O2S. The Kier molecular flexibility index (Phi) is 4.92. The predicted octanol–water partition coefficient (Wildman–Crippen LogP) is 2.98. The van der Waals surface area contributed by atoms with Gasteiger partial charge in [0.1, 0.15) is 15.6 Å². The van der Waals surface area contributed by atoms with Gasteiger partial charge in [-0.05, 0) is 33.2 Å². The lowest BCUT2D eigenvalue weighted by Gasteiger charge is -2.21. The molecule has 24 heavy (non-hydrogen) atoms. The maximum atomic E-state index is 12.7. The zero-order valence-electron chi connectivity index (χ0n) is 14.0. The number of fused-ring (bicyclic) bond motifs is 1. The summed E-state index contributed by atoms with van der Waals surface area (Å²) < 4.78 is 5.32. The molecule has 1 aromatic carbocycles. The molecule has 126 valence electrons. The fraction of sp³-hybridized carbons (Fsp3) is 0.353. The van der Waals surface area contributed by atoms with E-state index < -0.39 is 0 Å². The monoisotopic (exact) mass is 344 g/mol. The van der Waals surface area contributed by atoms with Gasteiger partial charge >= 0.3 is 0 Å². The maximum Gasteiger partial charge on any atom is 0.265 e. The molecule has 6 nitrogen and oxygen atoms in total. The van der Waals surface area contributed by atoms with Gasteiger partial charge in [-0.1, -0.05) is 17.3 Å². The van der Waals surface area contributed by atoms with Gasteiger partial charge in [-0.25, -0.2) is 4.98 Å². The van der Waals surface area contributed by atoms with Gasteiger partial charge in [0.25, 0.3) is 5.91 Å². The number of hydrogen-bond donors (Lipinski definition) is 0. The van der Waals surface area contributed by atoms with Crippen LogP contribution in [0.15, 0.2) is 35.0 Å². The Morgan fingerprint density at radius 3 is 2.79 bits per heavy atom. The van der Waals surface area contributed by atoms with Crippen molar-refractivity contribution < 1.29 is 9.32 Å². The normalized spacial score (nSPS) is 11.3. The lowest BCUT2D eigenvalue weighted by molar-refractivity contribution is 0.0759. The van der Waals surface area contributed by atoms with Crippen molar-refractivity contribution in [2.75, 3.05) is 33.7 Å². The van der Waals surface area contributed by atoms with E-state index in [4.69, 9.17) is 4.52 Å². The van der Waals surface area contributed by atoms with Crippen LogP contribution in [0.4, 0.5) is 0 Å². The summed E-state index contributed by atoms with van der Waals surface area (Å²) in [6, 6.07) is 7.64. The Morgan fingerprint density at radius 2 is 2.04 bits per heavy atom. The molecule has 2 aromatic heterocycles. The Balaban J connectivity index is 1.83. The molecular weight excluding hydrogens is 324 g/mol. The van der Waals surface area contributed by atoms with Crippen molar-refractivity contribution in [3.05, 3.63) is 35.3 Å². The van der Waals surface area contributed by atoms with E-state index >= 15 is 0 Å². The van der Waals surface area contributed by atoms with E-state index in [1.165, 1.54) is 11.3 Å². The van der Waals surface area contributed by atoms with Gasteiger partial charge < -0.3 is 14.3 Å². The van der Waals surface area contributed by atoms with Crippen LogP contribution in [0.2, 0.25) is 0 Å². The number of para-hydroxylation sites is 1. The third kappa shape index (κ3) is 3.32. The number of carbonyl (C=O) groups excluding carboxylic acids is 1. The van der Waals surface area contributed by atoms with Crippen molar-refractivity contribution in [1.29, 1.82) is 0 Å². The van der Waals surface area contributed by atoms with E-state index in [2.05, 4.69) is 15.0 Å². The Morgan fingerprint density at radius 1 is 1.25 bits per heavy atom. The summed E-state index contributed by atoms with van der Waals surface area (Å²) in [5.41, 5.74) is 1.41. The summed E-state index contributed by atoms with van der Waals surface area (Å²) in [5.74, 6) is 0.0101. The van der Waals surface area contributed by atoms with Crippen molar-refractivity contribution in [2.24, 2.45) is 0 Å². The van der Waals surface area contributed by atoms with Crippen molar-refractivity contribution in [1.82, 2.24) is 19.9 Å². The van der Waals surface area contributed by atoms with Gasteiger partial charge in [0.05, 0.1) is 11.6 Å². The Hall–Kier alpha value is -2.25. The lowest BCUT2D eigenvalue weighted by atomic mass is 10.2. The standard InChI is InChI=1S/C17H20N4O2S/c1-4-21(10-9-20(2)3)17(22)14-11-18-16(24-14)15-12-7-5-6-8-13(12)23-19-15/h5-8,11H,4,9-10H2,1-3H3. The van der Waals surface area contributed by atoms with E-state index in [1.54, 1.807) is 6.20 Å². The molecule has 3 aromatic rings. The van der Waals surface area contributed by atoms with E-state index in [0.717, 1.165) is 17.5 Å². The first kappa shape index (κ1) is 16.6. The zero-order valence-corrected chi connectivity index (χ0v) is 14.8. The highest BCUT2D eigenvalue weighted by molar-refractivity contribution is 7.17. The molecule has 0 radical (unpaired) electrons. The number of thiazole rings is 1. The summed E-state index contributed by atoms with van der Waals surface area (Å²) in [7, 11) is 4.00. The first-order valence-electron chi connectivity index (χ1n) is 7.84.